The van der Waals surface area contributed by atoms with E-state index in [0.29, 0.717) is 42.5 Å². The average Bonchev–Trinajstić information content (AvgIpc) is 2.70. The molecule has 2 heterocycles. The van der Waals surface area contributed by atoms with Crippen molar-refractivity contribution in [2.45, 2.75) is 13.0 Å². The molecule has 0 aliphatic carbocycles. The molecule has 144 valence electrons. The van der Waals surface area contributed by atoms with Crippen molar-refractivity contribution in [1.29, 1.82) is 5.41 Å². The maximum atomic E-state index is 8.59. The first kappa shape index (κ1) is 19.1. The number of anilines is 2. The topological polar surface area (TPSA) is 107 Å². The molecular weight excluding hydrogens is 346 g/mol. The molecule has 1 atom stereocenters. The lowest BCUT2D eigenvalue weighted by atomic mass is 10.0. The Morgan fingerprint density at radius 1 is 1.30 bits per heavy atom. The Bertz CT molecular complexity index is 793. The molecule has 27 heavy (non-hydrogen) atoms. The average molecular weight is 371 g/mol. The molecule has 1 fully saturated rings. The lowest BCUT2D eigenvalue weighted by Gasteiger charge is -2.27. The van der Waals surface area contributed by atoms with Gasteiger partial charge in [0.1, 0.15) is 24.0 Å². The predicted molar refractivity (Wildman–Crippen MR) is 104 cm³/mol. The number of rotatable bonds is 7. The van der Waals surface area contributed by atoms with Gasteiger partial charge in [-0.05, 0) is 25.1 Å². The fourth-order valence-electron chi connectivity index (χ4n) is 2.91. The fourth-order valence-corrected chi connectivity index (χ4v) is 2.91. The van der Waals surface area contributed by atoms with Gasteiger partial charge in [-0.2, -0.15) is 0 Å². The summed E-state index contributed by atoms with van der Waals surface area (Å²) in [5, 5.41) is 8.59. The van der Waals surface area contributed by atoms with Gasteiger partial charge in [0.05, 0.1) is 31.2 Å². The van der Waals surface area contributed by atoms with Crippen molar-refractivity contribution >= 4 is 17.2 Å². The standard InChI is InChI=1S/C19H25N5O3/c1-13(11-25-2)27-14-3-4-16(20)15(9-14)19(21)17-10-18(23-12-22-17)24-5-7-26-8-6-24/h3-4,9-10,12-13,21H,5-8,11,20H2,1-2H3. The van der Waals surface area contributed by atoms with Crippen LogP contribution >= 0.6 is 0 Å². The highest BCUT2D eigenvalue weighted by molar-refractivity contribution is 6.13. The van der Waals surface area contributed by atoms with Gasteiger partial charge in [-0.3, -0.25) is 5.41 Å². The molecule has 1 aliphatic heterocycles. The largest absolute Gasteiger partial charge is 0.488 e. The van der Waals surface area contributed by atoms with Crippen molar-refractivity contribution in [1.82, 2.24) is 9.97 Å². The zero-order valence-electron chi connectivity index (χ0n) is 15.6. The quantitative estimate of drug-likeness (QED) is 0.564. The van der Waals surface area contributed by atoms with E-state index < -0.39 is 0 Å². The summed E-state index contributed by atoms with van der Waals surface area (Å²) in [4.78, 5) is 10.7. The molecular formula is C19H25N5O3. The number of methoxy groups -OCH3 is 1. The van der Waals surface area contributed by atoms with Crippen molar-refractivity contribution in [2.75, 3.05) is 50.7 Å². The van der Waals surface area contributed by atoms with Crippen molar-refractivity contribution < 1.29 is 14.2 Å². The number of nitrogens with zero attached hydrogens (tertiary/aromatic N) is 3. The number of nitrogens with one attached hydrogen (secondary N) is 1. The van der Waals surface area contributed by atoms with Crippen LogP contribution in [0.15, 0.2) is 30.6 Å². The van der Waals surface area contributed by atoms with Crippen LogP contribution in [0.4, 0.5) is 11.5 Å². The summed E-state index contributed by atoms with van der Waals surface area (Å²) in [7, 11) is 1.63. The Morgan fingerprint density at radius 3 is 2.81 bits per heavy atom. The Kier molecular flexibility index (Phi) is 6.20. The van der Waals surface area contributed by atoms with E-state index in [1.807, 2.05) is 13.0 Å². The number of nitrogen functional groups attached to an aromatic ring is 1. The van der Waals surface area contributed by atoms with E-state index in [2.05, 4.69) is 14.9 Å². The van der Waals surface area contributed by atoms with Crippen LogP contribution < -0.4 is 15.4 Å². The first-order valence-corrected chi connectivity index (χ1v) is 8.87. The monoisotopic (exact) mass is 371 g/mol. The van der Waals surface area contributed by atoms with Gasteiger partial charge in [-0.25, -0.2) is 9.97 Å². The van der Waals surface area contributed by atoms with E-state index in [4.69, 9.17) is 25.4 Å². The van der Waals surface area contributed by atoms with Gasteiger partial charge >= 0.3 is 0 Å². The maximum Gasteiger partial charge on any atom is 0.132 e. The summed E-state index contributed by atoms with van der Waals surface area (Å²) >= 11 is 0. The summed E-state index contributed by atoms with van der Waals surface area (Å²) in [6.07, 6.45) is 1.37. The maximum absolute atomic E-state index is 8.59. The van der Waals surface area contributed by atoms with E-state index in [1.54, 1.807) is 25.3 Å². The third-order valence-electron chi connectivity index (χ3n) is 4.28. The molecule has 8 nitrogen and oxygen atoms in total. The summed E-state index contributed by atoms with van der Waals surface area (Å²) in [5.41, 5.74) is 7.92. The molecule has 8 heteroatoms. The zero-order chi connectivity index (χ0) is 19.2. The van der Waals surface area contributed by atoms with Crippen LogP contribution in [0.25, 0.3) is 0 Å². The second-order valence-electron chi connectivity index (χ2n) is 6.37. The SMILES string of the molecule is COCC(C)Oc1ccc(N)c(C(=N)c2cc(N3CCOCC3)ncn2)c1. The summed E-state index contributed by atoms with van der Waals surface area (Å²) in [5.74, 6) is 1.42. The number of ether oxygens (including phenoxy) is 3. The lowest BCUT2D eigenvalue weighted by molar-refractivity contribution is 0.0921. The van der Waals surface area contributed by atoms with E-state index in [9.17, 15) is 0 Å². The number of hydrogen-bond acceptors (Lipinski definition) is 8. The molecule has 0 spiro atoms. The van der Waals surface area contributed by atoms with Crippen LogP contribution in [0.1, 0.15) is 18.2 Å². The molecule has 2 aromatic rings. The normalized spacial score (nSPS) is 15.4. The molecule has 1 saturated heterocycles. The van der Waals surface area contributed by atoms with Crippen molar-refractivity contribution in [3.8, 4) is 5.75 Å². The van der Waals surface area contributed by atoms with Crippen LogP contribution in [0, 0.1) is 5.41 Å². The van der Waals surface area contributed by atoms with Crippen molar-refractivity contribution in [3.63, 3.8) is 0 Å². The molecule has 0 amide bonds. The van der Waals surface area contributed by atoms with E-state index in [-0.39, 0.29) is 11.8 Å². The molecule has 3 N–H and O–H groups in total. The van der Waals surface area contributed by atoms with E-state index >= 15 is 0 Å². The summed E-state index contributed by atoms with van der Waals surface area (Å²) in [6, 6.07) is 7.11. The highest BCUT2D eigenvalue weighted by Gasteiger charge is 2.17. The highest BCUT2D eigenvalue weighted by atomic mass is 16.5. The summed E-state index contributed by atoms with van der Waals surface area (Å²) in [6.45, 7) is 5.28. The second kappa shape index (κ2) is 8.79. The number of nitrogens with two attached hydrogens (primary N) is 1. The smallest absolute Gasteiger partial charge is 0.132 e. The third-order valence-corrected chi connectivity index (χ3v) is 4.28. The lowest BCUT2D eigenvalue weighted by Crippen LogP contribution is -2.36. The summed E-state index contributed by atoms with van der Waals surface area (Å²) < 4.78 is 16.3. The highest BCUT2D eigenvalue weighted by Crippen LogP contribution is 2.24. The minimum absolute atomic E-state index is 0.104. The first-order chi connectivity index (χ1) is 13.1. The molecule has 1 aliphatic rings. The van der Waals surface area contributed by atoms with Gasteiger partial charge < -0.3 is 24.8 Å². The number of morpholine rings is 1. The van der Waals surface area contributed by atoms with Gasteiger partial charge in [-0.15, -0.1) is 0 Å². The van der Waals surface area contributed by atoms with E-state index in [0.717, 1.165) is 18.9 Å². The first-order valence-electron chi connectivity index (χ1n) is 8.87. The second-order valence-corrected chi connectivity index (χ2v) is 6.37. The minimum Gasteiger partial charge on any atom is -0.488 e. The molecule has 0 radical (unpaired) electrons. The van der Waals surface area contributed by atoms with Gasteiger partial charge in [0, 0.05) is 37.5 Å². The van der Waals surface area contributed by atoms with Crippen LogP contribution in [-0.4, -0.2) is 61.8 Å². The van der Waals surface area contributed by atoms with Gasteiger partial charge in [-0.1, -0.05) is 0 Å². The number of hydrogen-bond donors (Lipinski definition) is 2. The van der Waals surface area contributed by atoms with Crippen LogP contribution in [0.2, 0.25) is 0 Å². The van der Waals surface area contributed by atoms with Crippen molar-refractivity contribution in [2.24, 2.45) is 0 Å². The van der Waals surface area contributed by atoms with Gasteiger partial charge in [0.15, 0.2) is 0 Å². The molecule has 1 aromatic carbocycles. The zero-order valence-corrected chi connectivity index (χ0v) is 15.6. The van der Waals surface area contributed by atoms with E-state index in [1.165, 1.54) is 6.33 Å². The molecule has 1 unspecified atom stereocenters. The van der Waals surface area contributed by atoms with Crippen molar-refractivity contribution in [3.05, 3.63) is 41.9 Å². The molecule has 0 saturated carbocycles. The molecule has 3 rings (SSSR count). The molecule has 0 bridgehead atoms. The van der Waals surface area contributed by atoms with Crippen LogP contribution in [-0.2, 0) is 9.47 Å². The molecule has 1 aromatic heterocycles. The fraction of sp³-hybridized carbons (Fsp3) is 0.421. The number of aromatic nitrogens is 2. The Hall–Kier alpha value is -2.71. The number of benzene rings is 1. The van der Waals surface area contributed by atoms with Gasteiger partial charge in [0.25, 0.3) is 0 Å². The Morgan fingerprint density at radius 2 is 2.07 bits per heavy atom. The predicted octanol–water partition coefficient (Wildman–Crippen LogP) is 1.73. The van der Waals surface area contributed by atoms with Crippen LogP contribution in [0.3, 0.4) is 0 Å². The Labute approximate surface area is 158 Å². The van der Waals surface area contributed by atoms with Crippen LogP contribution in [0.5, 0.6) is 5.75 Å². The third kappa shape index (κ3) is 4.72. The minimum atomic E-state index is -0.104. The Balaban J connectivity index is 1.82. The van der Waals surface area contributed by atoms with Gasteiger partial charge in [0.2, 0.25) is 0 Å².